The Labute approximate surface area is 134 Å². The molecule has 1 aliphatic heterocycles. The highest BCUT2D eigenvalue weighted by Gasteiger charge is 2.28. The van der Waals surface area contributed by atoms with Crippen molar-refractivity contribution in [2.75, 3.05) is 19.7 Å². The first-order chi connectivity index (χ1) is 10.8. The van der Waals surface area contributed by atoms with E-state index in [2.05, 4.69) is 18.2 Å². The van der Waals surface area contributed by atoms with Crippen molar-refractivity contribution in [1.82, 2.24) is 4.90 Å². The first-order valence-electron chi connectivity index (χ1n) is 7.88. The molecule has 1 aromatic carbocycles. The zero-order valence-electron chi connectivity index (χ0n) is 12.5. The van der Waals surface area contributed by atoms with Gasteiger partial charge in [0, 0.05) is 11.4 Å². The summed E-state index contributed by atoms with van der Waals surface area (Å²) in [6.45, 7) is 1.94. The number of fused-ring (bicyclic) bond motifs is 1. The zero-order chi connectivity index (χ0) is 14.9. The molecule has 0 saturated carbocycles. The van der Waals surface area contributed by atoms with Gasteiger partial charge >= 0.3 is 0 Å². The summed E-state index contributed by atoms with van der Waals surface area (Å²) in [7, 11) is 0. The number of nitrogens with zero attached hydrogens (tertiary/aromatic N) is 1. The van der Waals surface area contributed by atoms with Crippen molar-refractivity contribution in [3.8, 4) is 0 Å². The molecule has 0 bridgehead atoms. The minimum absolute atomic E-state index is 0.00860. The van der Waals surface area contributed by atoms with Gasteiger partial charge in [-0.2, -0.15) is 0 Å². The third-order valence-electron chi connectivity index (χ3n) is 4.48. The highest BCUT2D eigenvalue weighted by atomic mass is 32.1. The van der Waals surface area contributed by atoms with Crippen molar-refractivity contribution >= 4 is 17.2 Å². The van der Waals surface area contributed by atoms with Crippen LogP contribution >= 0.6 is 11.3 Å². The van der Waals surface area contributed by atoms with Crippen molar-refractivity contribution in [3.05, 3.63) is 57.3 Å². The van der Waals surface area contributed by atoms with Crippen LogP contribution < -0.4 is 0 Å². The Kier molecular flexibility index (Phi) is 3.72. The molecule has 0 N–H and O–H groups in total. The molecule has 0 radical (unpaired) electrons. The molecule has 1 saturated heterocycles. The molecule has 0 spiro atoms. The standard InChI is InChI=1S/C18H19NO2S/c20-18(17-11-14-7-4-8-16(14)22-17)19-9-10-21-15(12-19)13-5-2-1-3-6-13/h1-3,5-6,11,15H,4,7-10,12H2. The van der Waals surface area contributed by atoms with E-state index in [4.69, 9.17) is 4.74 Å². The van der Waals surface area contributed by atoms with Gasteiger partial charge in [-0.15, -0.1) is 11.3 Å². The molecule has 1 aromatic heterocycles. The van der Waals surface area contributed by atoms with Crippen molar-refractivity contribution in [2.24, 2.45) is 0 Å². The Morgan fingerprint density at radius 2 is 2.09 bits per heavy atom. The molecule has 1 unspecified atom stereocenters. The van der Waals surface area contributed by atoms with Crippen molar-refractivity contribution < 1.29 is 9.53 Å². The van der Waals surface area contributed by atoms with Crippen LogP contribution in [0, 0.1) is 0 Å². The maximum Gasteiger partial charge on any atom is 0.264 e. The average Bonchev–Trinajstić information content (AvgIpc) is 3.17. The number of hydrogen-bond donors (Lipinski definition) is 0. The first kappa shape index (κ1) is 14.0. The third-order valence-corrected chi connectivity index (χ3v) is 5.71. The van der Waals surface area contributed by atoms with Gasteiger partial charge in [0.05, 0.1) is 18.0 Å². The maximum absolute atomic E-state index is 12.8. The van der Waals surface area contributed by atoms with Crippen LogP contribution in [-0.2, 0) is 17.6 Å². The molecule has 1 atom stereocenters. The topological polar surface area (TPSA) is 29.5 Å². The van der Waals surface area contributed by atoms with Gasteiger partial charge in [0.1, 0.15) is 6.10 Å². The van der Waals surface area contributed by atoms with Gasteiger partial charge in [-0.25, -0.2) is 0 Å². The summed E-state index contributed by atoms with van der Waals surface area (Å²) >= 11 is 1.69. The lowest BCUT2D eigenvalue weighted by molar-refractivity contribution is -0.0226. The van der Waals surface area contributed by atoms with Crippen molar-refractivity contribution in [2.45, 2.75) is 25.4 Å². The lowest BCUT2D eigenvalue weighted by Gasteiger charge is -2.33. The van der Waals surface area contributed by atoms with E-state index in [0.29, 0.717) is 19.7 Å². The Bertz CT molecular complexity index is 658. The molecular formula is C18H19NO2S. The Hall–Kier alpha value is -1.65. The fraction of sp³-hybridized carbons (Fsp3) is 0.389. The second-order valence-corrected chi connectivity index (χ2v) is 7.07. The Morgan fingerprint density at radius 3 is 2.91 bits per heavy atom. The largest absolute Gasteiger partial charge is 0.370 e. The fourth-order valence-corrected chi connectivity index (χ4v) is 4.51. The molecular weight excluding hydrogens is 294 g/mol. The monoisotopic (exact) mass is 313 g/mol. The first-order valence-corrected chi connectivity index (χ1v) is 8.70. The normalized spacial score (nSPS) is 20.9. The average molecular weight is 313 g/mol. The van der Waals surface area contributed by atoms with E-state index in [0.717, 1.165) is 23.3 Å². The predicted molar refractivity (Wildman–Crippen MR) is 87.4 cm³/mol. The second kappa shape index (κ2) is 5.86. The summed E-state index contributed by atoms with van der Waals surface area (Å²) in [5, 5.41) is 0. The number of aryl methyl sites for hydroxylation is 2. The molecule has 2 aliphatic rings. The van der Waals surface area contributed by atoms with Crippen LogP contribution in [0.3, 0.4) is 0 Å². The zero-order valence-corrected chi connectivity index (χ0v) is 13.3. The van der Waals surface area contributed by atoms with Crippen LogP contribution in [0.1, 0.15) is 38.2 Å². The Balaban J connectivity index is 1.50. The van der Waals surface area contributed by atoms with E-state index in [-0.39, 0.29) is 12.0 Å². The van der Waals surface area contributed by atoms with Crippen LogP contribution in [0.25, 0.3) is 0 Å². The molecule has 22 heavy (non-hydrogen) atoms. The number of ether oxygens (including phenoxy) is 1. The molecule has 1 aliphatic carbocycles. The van der Waals surface area contributed by atoms with Crippen LogP contribution in [0.2, 0.25) is 0 Å². The van der Waals surface area contributed by atoms with E-state index >= 15 is 0 Å². The van der Waals surface area contributed by atoms with Crippen molar-refractivity contribution in [1.29, 1.82) is 0 Å². The molecule has 3 nitrogen and oxygen atoms in total. The van der Waals surface area contributed by atoms with E-state index < -0.39 is 0 Å². The van der Waals surface area contributed by atoms with E-state index in [1.54, 1.807) is 11.3 Å². The van der Waals surface area contributed by atoms with E-state index in [1.165, 1.54) is 16.9 Å². The highest BCUT2D eigenvalue weighted by molar-refractivity contribution is 7.14. The van der Waals surface area contributed by atoms with Crippen LogP contribution in [-0.4, -0.2) is 30.5 Å². The molecule has 1 fully saturated rings. The van der Waals surface area contributed by atoms with Gasteiger partial charge in [-0.3, -0.25) is 4.79 Å². The van der Waals surface area contributed by atoms with E-state index in [9.17, 15) is 4.79 Å². The minimum atomic E-state index is -0.00860. The molecule has 2 aromatic rings. The SMILES string of the molecule is O=C(c1cc2c(s1)CCC2)N1CCOC(c2ccccc2)C1. The smallest absolute Gasteiger partial charge is 0.264 e. The lowest BCUT2D eigenvalue weighted by Crippen LogP contribution is -2.42. The summed E-state index contributed by atoms with van der Waals surface area (Å²) in [6.07, 6.45) is 3.51. The van der Waals surface area contributed by atoms with E-state index in [1.807, 2.05) is 23.1 Å². The lowest BCUT2D eigenvalue weighted by atomic mass is 10.1. The van der Waals surface area contributed by atoms with Gasteiger partial charge in [0.2, 0.25) is 0 Å². The number of amides is 1. The van der Waals surface area contributed by atoms with Crippen LogP contribution in [0.15, 0.2) is 36.4 Å². The summed E-state index contributed by atoms with van der Waals surface area (Å²) in [5.41, 5.74) is 2.54. The number of thiophene rings is 1. The van der Waals surface area contributed by atoms with Crippen LogP contribution in [0.5, 0.6) is 0 Å². The van der Waals surface area contributed by atoms with Crippen LogP contribution in [0.4, 0.5) is 0 Å². The summed E-state index contributed by atoms with van der Waals surface area (Å²) < 4.78 is 5.85. The predicted octanol–water partition coefficient (Wildman–Crippen LogP) is 3.45. The van der Waals surface area contributed by atoms with Gasteiger partial charge < -0.3 is 9.64 Å². The summed E-state index contributed by atoms with van der Waals surface area (Å²) in [6, 6.07) is 12.3. The number of carbonyl (C=O) groups excluding carboxylic acids is 1. The van der Waals surface area contributed by atoms with Gasteiger partial charge in [0.25, 0.3) is 5.91 Å². The molecule has 2 heterocycles. The molecule has 4 rings (SSSR count). The second-order valence-electron chi connectivity index (χ2n) is 5.93. The number of rotatable bonds is 2. The van der Waals surface area contributed by atoms with Gasteiger partial charge in [0.15, 0.2) is 0 Å². The molecule has 114 valence electrons. The highest BCUT2D eigenvalue weighted by Crippen LogP contribution is 2.32. The summed E-state index contributed by atoms with van der Waals surface area (Å²) in [4.78, 5) is 17.0. The number of hydrogen-bond acceptors (Lipinski definition) is 3. The molecule has 4 heteroatoms. The quantitative estimate of drug-likeness (QED) is 0.850. The summed E-state index contributed by atoms with van der Waals surface area (Å²) in [5.74, 6) is 0.170. The van der Waals surface area contributed by atoms with Gasteiger partial charge in [-0.05, 0) is 36.5 Å². The van der Waals surface area contributed by atoms with Gasteiger partial charge in [-0.1, -0.05) is 30.3 Å². The third kappa shape index (κ3) is 2.57. The number of benzene rings is 1. The fourth-order valence-electron chi connectivity index (χ4n) is 3.29. The number of carbonyl (C=O) groups is 1. The Morgan fingerprint density at radius 1 is 1.23 bits per heavy atom. The number of morpholine rings is 1. The van der Waals surface area contributed by atoms with Crippen molar-refractivity contribution in [3.63, 3.8) is 0 Å². The minimum Gasteiger partial charge on any atom is -0.370 e. The molecule has 1 amide bonds. The maximum atomic E-state index is 12.8.